The average molecular weight is 302 g/mol. The van der Waals surface area contributed by atoms with Crippen LogP contribution in [-0.2, 0) is 9.84 Å². The Labute approximate surface area is 124 Å². The average Bonchev–Trinajstić information content (AvgIpc) is 2.87. The van der Waals surface area contributed by atoms with Crippen molar-refractivity contribution in [2.45, 2.75) is 50.3 Å². The molecular weight excluding hydrogens is 272 g/mol. The molecule has 0 unspecified atom stereocenters. The van der Waals surface area contributed by atoms with Gasteiger partial charge in [0.15, 0.2) is 9.84 Å². The first-order chi connectivity index (χ1) is 9.38. The maximum absolute atomic E-state index is 11.9. The number of likely N-dealkylation sites (tertiary alicyclic amines) is 1. The molecule has 20 heavy (non-hydrogen) atoms. The smallest absolute Gasteiger partial charge is 0.151 e. The number of piperidine rings is 1. The summed E-state index contributed by atoms with van der Waals surface area (Å²) < 4.78 is 23.7. The van der Waals surface area contributed by atoms with E-state index >= 15 is 0 Å². The van der Waals surface area contributed by atoms with Crippen molar-refractivity contribution in [3.63, 3.8) is 0 Å². The van der Waals surface area contributed by atoms with Crippen LogP contribution in [0, 0.1) is 5.92 Å². The third-order valence-electron chi connectivity index (χ3n) is 5.18. The number of likely N-dealkylation sites (N-methyl/N-ethyl adjacent to an activating group) is 1. The van der Waals surface area contributed by atoms with Gasteiger partial charge in [0, 0.05) is 25.4 Å². The lowest BCUT2D eigenvalue weighted by Crippen LogP contribution is -2.45. The largest absolute Gasteiger partial charge is 0.302 e. The van der Waals surface area contributed by atoms with E-state index in [1.54, 1.807) is 0 Å². The Balaban J connectivity index is 1.81. The summed E-state index contributed by atoms with van der Waals surface area (Å²) in [5.74, 6) is 0.869. The van der Waals surface area contributed by atoms with Crippen LogP contribution in [0.5, 0.6) is 0 Å². The molecule has 2 fully saturated rings. The van der Waals surface area contributed by atoms with Crippen LogP contribution in [0.25, 0.3) is 0 Å². The first-order valence-electron chi connectivity index (χ1n) is 7.99. The zero-order valence-corrected chi connectivity index (χ0v) is 14.0. The first-order valence-corrected chi connectivity index (χ1v) is 9.95. The van der Waals surface area contributed by atoms with Crippen LogP contribution < -0.4 is 0 Å². The molecule has 1 saturated heterocycles. The molecule has 0 bridgehead atoms. The standard InChI is InChI=1S/C15H30N2O2S/c1-13-7-9-17(10-8-13)12-11-16(2)14-5-4-6-15(14)20(3,18)19/h13-15H,4-12H2,1-3H3/t14-,15-/m1/s1. The van der Waals surface area contributed by atoms with E-state index in [4.69, 9.17) is 0 Å². The summed E-state index contributed by atoms with van der Waals surface area (Å²) in [6, 6.07) is 0.230. The molecule has 2 aliphatic rings. The highest BCUT2D eigenvalue weighted by atomic mass is 32.2. The summed E-state index contributed by atoms with van der Waals surface area (Å²) in [7, 11) is -0.805. The molecule has 4 nitrogen and oxygen atoms in total. The van der Waals surface area contributed by atoms with Gasteiger partial charge in [0.1, 0.15) is 0 Å². The molecule has 1 heterocycles. The SMILES string of the molecule is CC1CCN(CCN(C)[C@@H]2CCC[C@H]2S(C)(=O)=O)CC1. The quantitative estimate of drug-likeness (QED) is 0.774. The Morgan fingerprint density at radius 2 is 1.80 bits per heavy atom. The molecule has 0 radical (unpaired) electrons. The van der Waals surface area contributed by atoms with Gasteiger partial charge in [-0.1, -0.05) is 13.3 Å². The second-order valence-corrected chi connectivity index (χ2v) is 9.14. The maximum Gasteiger partial charge on any atom is 0.151 e. The van der Waals surface area contributed by atoms with Gasteiger partial charge in [0.25, 0.3) is 0 Å². The summed E-state index contributed by atoms with van der Waals surface area (Å²) in [6.45, 7) is 6.81. The van der Waals surface area contributed by atoms with E-state index < -0.39 is 9.84 Å². The molecule has 2 rings (SSSR count). The van der Waals surface area contributed by atoms with Gasteiger partial charge in [-0.15, -0.1) is 0 Å². The highest BCUT2D eigenvalue weighted by Crippen LogP contribution is 2.28. The van der Waals surface area contributed by atoms with Crippen LogP contribution >= 0.6 is 0 Å². The van der Waals surface area contributed by atoms with Crippen molar-refractivity contribution < 1.29 is 8.42 Å². The van der Waals surface area contributed by atoms with Crippen molar-refractivity contribution in [1.82, 2.24) is 9.80 Å². The Hall–Kier alpha value is -0.130. The third kappa shape index (κ3) is 4.18. The van der Waals surface area contributed by atoms with E-state index in [9.17, 15) is 8.42 Å². The maximum atomic E-state index is 11.9. The molecule has 5 heteroatoms. The summed E-state index contributed by atoms with van der Waals surface area (Å²) in [6.07, 6.45) is 6.93. The fraction of sp³-hybridized carbons (Fsp3) is 1.00. The Morgan fingerprint density at radius 3 is 2.40 bits per heavy atom. The lowest BCUT2D eigenvalue weighted by atomic mass is 9.99. The van der Waals surface area contributed by atoms with Gasteiger partial charge in [-0.3, -0.25) is 0 Å². The minimum absolute atomic E-state index is 0.145. The van der Waals surface area contributed by atoms with Gasteiger partial charge in [0.2, 0.25) is 0 Å². The molecule has 1 aliphatic heterocycles. The Morgan fingerprint density at radius 1 is 1.15 bits per heavy atom. The zero-order chi connectivity index (χ0) is 14.8. The van der Waals surface area contributed by atoms with Crippen molar-refractivity contribution in [2.24, 2.45) is 5.92 Å². The molecule has 2 atom stereocenters. The van der Waals surface area contributed by atoms with E-state index in [0.717, 1.165) is 38.3 Å². The second kappa shape index (κ2) is 6.75. The van der Waals surface area contributed by atoms with Crippen LogP contribution in [-0.4, -0.2) is 69.0 Å². The molecule has 1 aliphatic carbocycles. The van der Waals surface area contributed by atoms with E-state index in [1.807, 2.05) is 0 Å². The lowest BCUT2D eigenvalue weighted by Gasteiger charge is -2.34. The van der Waals surface area contributed by atoms with E-state index in [-0.39, 0.29) is 11.3 Å². The normalized spacial score (nSPS) is 30.2. The third-order valence-corrected chi connectivity index (χ3v) is 6.83. The number of rotatable bonds is 5. The van der Waals surface area contributed by atoms with Gasteiger partial charge in [0.05, 0.1) is 5.25 Å². The van der Waals surface area contributed by atoms with Crippen molar-refractivity contribution in [3.05, 3.63) is 0 Å². The van der Waals surface area contributed by atoms with E-state index in [0.29, 0.717) is 0 Å². The molecular formula is C15H30N2O2S. The number of sulfone groups is 1. The molecule has 0 spiro atoms. The molecule has 0 N–H and O–H groups in total. The lowest BCUT2D eigenvalue weighted by molar-refractivity contribution is 0.154. The van der Waals surface area contributed by atoms with E-state index in [2.05, 4.69) is 23.8 Å². The Bertz CT molecular complexity index is 402. The minimum Gasteiger partial charge on any atom is -0.302 e. The fourth-order valence-electron chi connectivity index (χ4n) is 3.66. The van der Waals surface area contributed by atoms with E-state index in [1.165, 1.54) is 32.2 Å². The van der Waals surface area contributed by atoms with Crippen LogP contribution in [0.4, 0.5) is 0 Å². The molecule has 1 saturated carbocycles. The molecule has 0 amide bonds. The summed E-state index contributed by atoms with van der Waals surface area (Å²) in [5, 5.41) is -0.145. The molecule has 0 aromatic rings. The van der Waals surface area contributed by atoms with Gasteiger partial charge in [-0.2, -0.15) is 0 Å². The predicted molar refractivity (Wildman–Crippen MR) is 83.7 cm³/mol. The van der Waals surface area contributed by atoms with Crippen molar-refractivity contribution in [3.8, 4) is 0 Å². The van der Waals surface area contributed by atoms with Crippen molar-refractivity contribution in [1.29, 1.82) is 0 Å². The Kier molecular flexibility index (Phi) is 5.49. The summed E-state index contributed by atoms with van der Waals surface area (Å²) in [5.41, 5.74) is 0. The second-order valence-electron chi connectivity index (χ2n) is 6.87. The minimum atomic E-state index is -2.90. The molecule has 0 aromatic heterocycles. The highest BCUT2D eigenvalue weighted by molar-refractivity contribution is 7.91. The van der Waals surface area contributed by atoms with Crippen LogP contribution in [0.3, 0.4) is 0 Å². The monoisotopic (exact) mass is 302 g/mol. The summed E-state index contributed by atoms with van der Waals surface area (Å²) in [4.78, 5) is 4.82. The van der Waals surface area contributed by atoms with Gasteiger partial charge >= 0.3 is 0 Å². The van der Waals surface area contributed by atoms with Gasteiger partial charge in [-0.25, -0.2) is 8.42 Å². The zero-order valence-electron chi connectivity index (χ0n) is 13.2. The van der Waals surface area contributed by atoms with Crippen molar-refractivity contribution in [2.75, 3.05) is 39.5 Å². The molecule has 0 aromatic carbocycles. The summed E-state index contributed by atoms with van der Waals surface area (Å²) >= 11 is 0. The highest BCUT2D eigenvalue weighted by Gasteiger charge is 2.37. The first kappa shape index (κ1) is 16.2. The number of nitrogens with zero attached hydrogens (tertiary/aromatic N) is 2. The van der Waals surface area contributed by atoms with Crippen LogP contribution in [0.15, 0.2) is 0 Å². The molecule has 118 valence electrons. The predicted octanol–water partition coefficient (Wildman–Crippen LogP) is 1.62. The van der Waals surface area contributed by atoms with Gasteiger partial charge < -0.3 is 9.80 Å². The van der Waals surface area contributed by atoms with Crippen LogP contribution in [0.1, 0.15) is 39.0 Å². The topological polar surface area (TPSA) is 40.6 Å². The number of hydrogen-bond donors (Lipinski definition) is 0. The van der Waals surface area contributed by atoms with Crippen LogP contribution in [0.2, 0.25) is 0 Å². The number of hydrogen-bond acceptors (Lipinski definition) is 4. The fourth-order valence-corrected chi connectivity index (χ4v) is 5.17. The van der Waals surface area contributed by atoms with Gasteiger partial charge in [-0.05, 0) is 51.7 Å². The van der Waals surface area contributed by atoms with Crippen molar-refractivity contribution >= 4 is 9.84 Å².